The van der Waals surface area contributed by atoms with Crippen LogP contribution in [0.3, 0.4) is 0 Å². The fourth-order valence-electron chi connectivity index (χ4n) is 0.929. The molecule has 0 radical (unpaired) electrons. The van der Waals surface area contributed by atoms with Gasteiger partial charge in [-0.1, -0.05) is 30.3 Å². The number of benzene rings is 1. The summed E-state index contributed by atoms with van der Waals surface area (Å²) in [6, 6.07) is 7.99. The van der Waals surface area contributed by atoms with Crippen LogP contribution in [0.25, 0.3) is 0 Å². The number of hydrogen-bond donors (Lipinski definition) is 0. The third kappa shape index (κ3) is 3.42. The van der Waals surface area contributed by atoms with Crippen molar-refractivity contribution in [2.75, 3.05) is 0 Å². The van der Waals surface area contributed by atoms with Crippen LogP contribution in [0.4, 0.5) is 17.6 Å². The molecular weight excluding hydrogens is 308 g/mol. The van der Waals surface area contributed by atoms with Crippen LogP contribution in [0.2, 0.25) is 0 Å². The van der Waals surface area contributed by atoms with Crippen LogP contribution in [0.15, 0.2) is 30.3 Å². The number of ether oxygens (including phenoxy) is 1. The Morgan fingerprint density at radius 1 is 1.18 bits per heavy atom. The van der Waals surface area contributed by atoms with Gasteiger partial charge >= 0.3 is 16.7 Å². The fourth-order valence-corrected chi connectivity index (χ4v) is 1.04. The fraction of sp³-hybridized carbons (Fsp3) is 0.300. The molecule has 0 spiro atoms. The highest BCUT2D eigenvalue weighted by atomic mass is 79.9. The minimum atomic E-state index is -5.36. The van der Waals surface area contributed by atoms with E-state index in [0.29, 0.717) is 5.56 Å². The first kappa shape index (κ1) is 14.0. The monoisotopic (exact) mass is 314 g/mol. The van der Waals surface area contributed by atoms with Gasteiger partial charge < -0.3 is 4.74 Å². The molecule has 7 heteroatoms. The Labute approximate surface area is 103 Å². The Kier molecular flexibility index (Phi) is 4.13. The lowest BCUT2D eigenvalue weighted by Gasteiger charge is -2.19. The number of alkyl halides is 5. The molecule has 0 aromatic heterocycles. The number of carbonyl (C=O) groups excluding carboxylic acids is 1. The molecule has 0 heterocycles. The van der Waals surface area contributed by atoms with Gasteiger partial charge in [-0.3, -0.25) is 0 Å². The van der Waals surface area contributed by atoms with Gasteiger partial charge in [-0.25, -0.2) is 9.18 Å². The SMILES string of the molecule is O=C(OCc1ccccc1)C(F)(Br)C(F)(F)F. The van der Waals surface area contributed by atoms with Gasteiger partial charge in [0.15, 0.2) is 0 Å². The highest BCUT2D eigenvalue weighted by Gasteiger charge is 2.61. The Balaban J connectivity index is 2.62. The normalized spacial score (nSPS) is 15.1. The zero-order valence-corrected chi connectivity index (χ0v) is 9.89. The predicted octanol–water partition coefficient (Wildman–Crippen LogP) is 3.35. The Hall–Kier alpha value is -1.11. The van der Waals surface area contributed by atoms with E-state index in [-0.39, 0.29) is 0 Å². The van der Waals surface area contributed by atoms with E-state index >= 15 is 0 Å². The minimum absolute atomic E-state index is 0.424. The molecule has 0 fully saturated rings. The van der Waals surface area contributed by atoms with Crippen molar-refractivity contribution in [1.29, 1.82) is 0 Å². The Bertz CT molecular complexity index is 389. The van der Waals surface area contributed by atoms with E-state index in [0.717, 1.165) is 0 Å². The smallest absolute Gasteiger partial charge is 0.444 e. The lowest BCUT2D eigenvalue weighted by atomic mass is 10.2. The predicted molar refractivity (Wildman–Crippen MR) is 55.1 cm³/mol. The van der Waals surface area contributed by atoms with E-state index in [9.17, 15) is 22.4 Å². The third-order valence-corrected chi connectivity index (χ3v) is 2.60. The molecule has 1 unspecified atom stereocenters. The zero-order valence-electron chi connectivity index (χ0n) is 8.30. The van der Waals surface area contributed by atoms with Crippen LogP contribution in [-0.4, -0.2) is 16.7 Å². The van der Waals surface area contributed by atoms with Crippen molar-refractivity contribution in [3.63, 3.8) is 0 Å². The summed E-state index contributed by atoms with van der Waals surface area (Å²) in [4.78, 5) is 10.9. The molecule has 0 aliphatic rings. The lowest BCUT2D eigenvalue weighted by Crippen LogP contribution is -2.43. The average molecular weight is 315 g/mol. The molecule has 94 valence electrons. The van der Waals surface area contributed by atoms with Crippen molar-refractivity contribution in [2.24, 2.45) is 0 Å². The van der Waals surface area contributed by atoms with Crippen LogP contribution in [0, 0.1) is 0 Å². The molecule has 1 aromatic carbocycles. The number of rotatable bonds is 3. The van der Waals surface area contributed by atoms with Crippen molar-refractivity contribution in [3.8, 4) is 0 Å². The zero-order chi connectivity index (χ0) is 13.1. The van der Waals surface area contributed by atoms with Gasteiger partial charge in [-0.2, -0.15) is 13.2 Å². The molecule has 17 heavy (non-hydrogen) atoms. The van der Waals surface area contributed by atoms with E-state index < -0.39 is 23.3 Å². The van der Waals surface area contributed by atoms with Gasteiger partial charge in [0.25, 0.3) is 0 Å². The van der Waals surface area contributed by atoms with Crippen molar-refractivity contribution >= 4 is 21.9 Å². The molecule has 0 saturated heterocycles. The first-order valence-electron chi connectivity index (χ1n) is 4.41. The van der Waals surface area contributed by atoms with Crippen LogP contribution >= 0.6 is 15.9 Å². The van der Waals surface area contributed by atoms with E-state index in [1.807, 2.05) is 0 Å². The van der Waals surface area contributed by atoms with Crippen molar-refractivity contribution < 1.29 is 27.1 Å². The van der Waals surface area contributed by atoms with Crippen LogP contribution < -0.4 is 0 Å². The van der Waals surface area contributed by atoms with E-state index in [1.54, 1.807) is 34.1 Å². The van der Waals surface area contributed by atoms with Gasteiger partial charge in [0.1, 0.15) is 6.61 Å². The molecule has 1 rings (SSSR count). The van der Waals surface area contributed by atoms with Gasteiger partial charge in [0, 0.05) is 0 Å². The maximum atomic E-state index is 13.0. The molecule has 0 aliphatic carbocycles. The van der Waals surface area contributed by atoms with Gasteiger partial charge in [0.2, 0.25) is 0 Å². The maximum Gasteiger partial charge on any atom is 0.444 e. The summed E-state index contributed by atoms with van der Waals surface area (Å²) in [6.45, 7) is -0.424. The number of carbonyl (C=O) groups is 1. The largest absolute Gasteiger partial charge is 0.458 e. The molecule has 0 saturated carbocycles. The first-order chi connectivity index (χ1) is 7.75. The maximum absolute atomic E-state index is 13.0. The summed E-state index contributed by atoms with van der Waals surface area (Å²) >= 11 is 1.68. The molecule has 0 aliphatic heterocycles. The molecule has 0 N–H and O–H groups in total. The van der Waals surface area contributed by atoms with Crippen molar-refractivity contribution in [2.45, 2.75) is 17.4 Å². The first-order valence-corrected chi connectivity index (χ1v) is 5.20. The van der Waals surface area contributed by atoms with Gasteiger partial charge in [-0.15, -0.1) is 0 Å². The minimum Gasteiger partial charge on any atom is -0.458 e. The summed E-state index contributed by atoms with van der Waals surface area (Å²) in [5.41, 5.74) is 0.464. The Morgan fingerprint density at radius 2 is 1.71 bits per heavy atom. The Morgan fingerprint density at radius 3 is 2.18 bits per heavy atom. The summed E-state index contributed by atoms with van der Waals surface area (Å²) in [5, 5.41) is 0. The van der Waals surface area contributed by atoms with Gasteiger partial charge in [-0.05, 0) is 21.5 Å². The molecule has 1 atom stereocenters. The number of halogens is 5. The number of hydrogen-bond acceptors (Lipinski definition) is 2. The highest BCUT2D eigenvalue weighted by molar-refractivity contribution is 9.10. The van der Waals surface area contributed by atoms with Crippen molar-refractivity contribution in [1.82, 2.24) is 0 Å². The molecule has 2 nitrogen and oxygen atoms in total. The summed E-state index contributed by atoms with van der Waals surface area (Å²) in [7, 11) is 0. The van der Waals surface area contributed by atoms with Gasteiger partial charge in [0.05, 0.1) is 0 Å². The second-order valence-electron chi connectivity index (χ2n) is 3.13. The van der Waals surface area contributed by atoms with Crippen LogP contribution in [-0.2, 0) is 16.1 Å². The average Bonchev–Trinajstić information content (AvgIpc) is 2.25. The lowest BCUT2D eigenvalue weighted by molar-refractivity contribution is -0.210. The second-order valence-corrected chi connectivity index (χ2v) is 4.23. The van der Waals surface area contributed by atoms with E-state index in [2.05, 4.69) is 4.74 Å². The summed E-state index contributed by atoms with van der Waals surface area (Å²) in [6.07, 6.45) is -5.36. The number of esters is 1. The van der Waals surface area contributed by atoms with E-state index in [4.69, 9.17) is 0 Å². The molecule has 0 amide bonds. The molecular formula is C10H7BrF4O2. The topological polar surface area (TPSA) is 26.3 Å². The summed E-state index contributed by atoms with van der Waals surface area (Å²) in [5.74, 6) is -2.02. The van der Waals surface area contributed by atoms with Crippen LogP contribution in [0.1, 0.15) is 5.56 Å². The molecule has 0 bridgehead atoms. The van der Waals surface area contributed by atoms with E-state index in [1.165, 1.54) is 12.1 Å². The highest BCUT2D eigenvalue weighted by Crippen LogP contribution is 2.40. The molecule has 1 aromatic rings. The van der Waals surface area contributed by atoms with Crippen LogP contribution in [0.5, 0.6) is 0 Å². The standard InChI is InChI=1S/C10H7BrF4O2/c11-9(12,10(13,14)15)8(16)17-6-7-4-2-1-3-5-7/h1-5H,6H2. The third-order valence-electron chi connectivity index (χ3n) is 1.83. The quantitative estimate of drug-likeness (QED) is 0.486. The van der Waals surface area contributed by atoms with Crippen molar-refractivity contribution in [3.05, 3.63) is 35.9 Å². The summed E-state index contributed by atoms with van der Waals surface area (Å²) < 4.78 is 49.3. The second kappa shape index (κ2) is 5.03.